The lowest BCUT2D eigenvalue weighted by Crippen LogP contribution is -2.35. The number of fused-ring (bicyclic) bond motifs is 1. The fourth-order valence-corrected chi connectivity index (χ4v) is 3.53. The van der Waals surface area contributed by atoms with Gasteiger partial charge >= 0.3 is 0 Å². The first kappa shape index (κ1) is 17.8. The number of aryl methyl sites for hydroxylation is 2. The summed E-state index contributed by atoms with van der Waals surface area (Å²) in [6, 6.07) is 9.58. The number of phenolic OH excluding ortho intramolecular Hbond substituents is 1. The van der Waals surface area contributed by atoms with Gasteiger partial charge < -0.3 is 14.6 Å². The van der Waals surface area contributed by atoms with Crippen molar-refractivity contribution < 1.29 is 19.4 Å². The smallest absolute Gasteiger partial charge is 0.232 e. The molecule has 2 aromatic carbocycles. The molecule has 5 heteroatoms. The molecule has 2 aromatic rings. The van der Waals surface area contributed by atoms with Crippen molar-refractivity contribution in [2.45, 2.75) is 20.4 Å². The highest BCUT2D eigenvalue weighted by Gasteiger charge is 2.33. The second-order valence-electron chi connectivity index (χ2n) is 7.13. The molecule has 0 bridgehead atoms. The van der Waals surface area contributed by atoms with Crippen LogP contribution in [0.5, 0.6) is 11.5 Å². The van der Waals surface area contributed by atoms with Crippen LogP contribution in [0.3, 0.4) is 0 Å². The minimum absolute atomic E-state index is 0.133. The first-order valence-corrected chi connectivity index (χ1v) is 9.19. The van der Waals surface area contributed by atoms with Crippen LogP contribution in [0.4, 0.5) is 0 Å². The molecule has 1 N–H and O–H groups in total. The van der Waals surface area contributed by atoms with Crippen molar-refractivity contribution in [2.24, 2.45) is 0 Å². The van der Waals surface area contributed by atoms with Crippen molar-refractivity contribution in [2.75, 3.05) is 26.3 Å². The molecule has 2 heterocycles. The number of ether oxygens (including phenoxy) is 2. The summed E-state index contributed by atoms with van der Waals surface area (Å²) in [7, 11) is 0. The third-order valence-electron chi connectivity index (χ3n) is 5.08. The number of ketones is 1. The summed E-state index contributed by atoms with van der Waals surface area (Å²) in [6.45, 7) is 7.31. The molecule has 0 aliphatic carbocycles. The van der Waals surface area contributed by atoms with Gasteiger partial charge in [0.15, 0.2) is 5.76 Å². The second kappa shape index (κ2) is 7.18. The summed E-state index contributed by atoms with van der Waals surface area (Å²) in [5, 5.41) is 10.5. The van der Waals surface area contributed by atoms with E-state index in [0.717, 1.165) is 29.8 Å². The van der Waals surface area contributed by atoms with E-state index in [9.17, 15) is 9.90 Å². The van der Waals surface area contributed by atoms with Gasteiger partial charge in [-0.05, 0) is 37.1 Å². The van der Waals surface area contributed by atoms with E-state index in [-0.39, 0.29) is 11.5 Å². The van der Waals surface area contributed by atoms with E-state index in [4.69, 9.17) is 9.47 Å². The number of carbonyl (C=O) groups excluding carboxylic acids is 1. The van der Waals surface area contributed by atoms with E-state index in [2.05, 4.69) is 4.90 Å². The maximum atomic E-state index is 12.9. The van der Waals surface area contributed by atoms with Crippen LogP contribution in [-0.4, -0.2) is 42.1 Å². The number of aromatic hydroxyl groups is 1. The molecule has 5 nitrogen and oxygen atoms in total. The number of hydrogen-bond acceptors (Lipinski definition) is 5. The second-order valence-corrected chi connectivity index (χ2v) is 7.13. The van der Waals surface area contributed by atoms with E-state index in [1.54, 1.807) is 12.1 Å². The average molecular weight is 365 g/mol. The van der Waals surface area contributed by atoms with Gasteiger partial charge in [0.2, 0.25) is 5.78 Å². The molecule has 1 fully saturated rings. The highest BCUT2D eigenvalue weighted by Crippen LogP contribution is 2.42. The molecular formula is C22H23NO4. The Kier molecular flexibility index (Phi) is 4.72. The van der Waals surface area contributed by atoms with Gasteiger partial charge in [0.1, 0.15) is 11.5 Å². The third kappa shape index (κ3) is 3.48. The van der Waals surface area contributed by atoms with Crippen LogP contribution in [-0.2, 0) is 11.3 Å². The molecular weight excluding hydrogens is 342 g/mol. The number of nitrogens with zero attached hydrogens (tertiary/aromatic N) is 1. The molecule has 140 valence electrons. The number of benzene rings is 2. The van der Waals surface area contributed by atoms with E-state index >= 15 is 0 Å². The molecule has 1 saturated heterocycles. The Labute approximate surface area is 158 Å². The van der Waals surface area contributed by atoms with Crippen LogP contribution in [0.25, 0.3) is 6.08 Å². The zero-order chi connectivity index (χ0) is 19.0. The van der Waals surface area contributed by atoms with Gasteiger partial charge in [-0.25, -0.2) is 0 Å². The van der Waals surface area contributed by atoms with Crippen molar-refractivity contribution in [3.63, 3.8) is 0 Å². The standard InChI is InChI=1S/C22H23NO4/c1-14-3-5-16(6-4-14)12-19-21(25)20-15(2)11-18(24)17(22(20)27-19)13-23-7-9-26-10-8-23/h3-6,11-12,24H,7-10,13H2,1-2H3/b19-12-. The monoisotopic (exact) mass is 365 g/mol. The lowest BCUT2D eigenvalue weighted by Gasteiger charge is -2.27. The van der Waals surface area contributed by atoms with Crippen molar-refractivity contribution >= 4 is 11.9 Å². The fraction of sp³-hybridized carbons (Fsp3) is 0.318. The molecule has 0 atom stereocenters. The summed E-state index contributed by atoms with van der Waals surface area (Å²) in [5.41, 5.74) is 4.01. The van der Waals surface area contributed by atoms with E-state index < -0.39 is 0 Å². The number of phenols is 1. The average Bonchev–Trinajstić information content (AvgIpc) is 2.98. The maximum absolute atomic E-state index is 12.9. The lowest BCUT2D eigenvalue weighted by atomic mass is 9.99. The maximum Gasteiger partial charge on any atom is 0.232 e. The highest BCUT2D eigenvalue weighted by atomic mass is 16.5. The van der Waals surface area contributed by atoms with Crippen LogP contribution in [0.15, 0.2) is 36.1 Å². The van der Waals surface area contributed by atoms with E-state index in [1.807, 2.05) is 38.1 Å². The minimum Gasteiger partial charge on any atom is -0.507 e. The van der Waals surface area contributed by atoms with Crippen LogP contribution < -0.4 is 4.74 Å². The van der Waals surface area contributed by atoms with Gasteiger partial charge in [0.05, 0.1) is 24.3 Å². The molecule has 4 rings (SSSR count). The number of rotatable bonds is 3. The summed E-state index contributed by atoms with van der Waals surface area (Å²) in [5.74, 6) is 0.821. The third-order valence-corrected chi connectivity index (χ3v) is 5.08. The first-order chi connectivity index (χ1) is 13.0. The molecule has 2 aliphatic heterocycles. The van der Waals surface area contributed by atoms with Gasteiger partial charge in [0.25, 0.3) is 0 Å². The Morgan fingerprint density at radius 3 is 2.56 bits per heavy atom. The van der Waals surface area contributed by atoms with Crippen molar-refractivity contribution in [3.8, 4) is 11.5 Å². The molecule has 0 aromatic heterocycles. The van der Waals surface area contributed by atoms with Crippen LogP contribution in [0.2, 0.25) is 0 Å². The zero-order valence-electron chi connectivity index (χ0n) is 15.6. The largest absolute Gasteiger partial charge is 0.507 e. The van der Waals surface area contributed by atoms with Crippen LogP contribution in [0.1, 0.15) is 32.6 Å². The molecule has 0 spiro atoms. The summed E-state index contributed by atoms with van der Waals surface area (Å²) in [4.78, 5) is 15.1. The first-order valence-electron chi connectivity index (χ1n) is 9.19. The predicted molar refractivity (Wildman–Crippen MR) is 103 cm³/mol. The van der Waals surface area contributed by atoms with E-state index in [1.165, 1.54) is 0 Å². The zero-order valence-corrected chi connectivity index (χ0v) is 15.6. The van der Waals surface area contributed by atoms with Crippen LogP contribution >= 0.6 is 0 Å². The highest BCUT2D eigenvalue weighted by molar-refractivity contribution is 6.15. The van der Waals surface area contributed by atoms with Crippen molar-refractivity contribution in [3.05, 3.63) is 63.9 Å². The minimum atomic E-state index is -0.133. The number of Topliss-reactive ketones (excluding diaryl/α,β-unsaturated/α-hetero) is 1. The van der Waals surface area contributed by atoms with E-state index in [0.29, 0.717) is 42.4 Å². The molecule has 0 unspecified atom stereocenters. The van der Waals surface area contributed by atoms with Gasteiger partial charge in [-0.3, -0.25) is 9.69 Å². The van der Waals surface area contributed by atoms with Crippen LogP contribution in [0, 0.1) is 13.8 Å². The Morgan fingerprint density at radius 1 is 1.15 bits per heavy atom. The van der Waals surface area contributed by atoms with Crippen molar-refractivity contribution in [1.29, 1.82) is 0 Å². The Morgan fingerprint density at radius 2 is 1.85 bits per heavy atom. The fourth-order valence-electron chi connectivity index (χ4n) is 3.53. The Hall–Kier alpha value is -2.63. The molecule has 0 saturated carbocycles. The number of allylic oxidation sites excluding steroid dienone is 1. The molecule has 0 amide bonds. The number of carbonyl (C=O) groups is 1. The number of morpholine rings is 1. The summed E-state index contributed by atoms with van der Waals surface area (Å²) >= 11 is 0. The van der Waals surface area contributed by atoms with Gasteiger partial charge in [-0.1, -0.05) is 29.8 Å². The summed E-state index contributed by atoms with van der Waals surface area (Å²) in [6.07, 6.45) is 1.76. The SMILES string of the molecule is Cc1ccc(/C=C2\Oc3c(CN4CCOCC4)c(O)cc(C)c3C2=O)cc1. The quantitative estimate of drug-likeness (QED) is 0.844. The topological polar surface area (TPSA) is 59.0 Å². The molecule has 0 radical (unpaired) electrons. The Bertz CT molecular complexity index is 909. The molecule has 2 aliphatic rings. The lowest BCUT2D eigenvalue weighted by molar-refractivity contribution is 0.0336. The summed E-state index contributed by atoms with van der Waals surface area (Å²) < 4.78 is 11.4. The molecule has 27 heavy (non-hydrogen) atoms. The predicted octanol–water partition coefficient (Wildman–Crippen LogP) is 3.46. The van der Waals surface area contributed by atoms with Crippen molar-refractivity contribution in [1.82, 2.24) is 4.90 Å². The normalized spacial score (nSPS) is 18.6. The number of hydrogen-bond donors (Lipinski definition) is 1. The van der Waals surface area contributed by atoms with Gasteiger partial charge in [-0.2, -0.15) is 0 Å². The van der Waals surface area contributed by atoms with Gasteiger partial charge in [0, 0.05) is 19.6 Å². The Balaban J connectivity index is 1.69. The van der Waals surface area contributed by atoms with Gasteiger partial charge in [-0.15, -0.1) is 0 Å².